The molecule has 2 aliphatic carbocycles. The van der Waals surface area contributed by atoms with Gasteiger partial charge in [0.05, 0.1) is 0 Å². The average Bonchev–Trinajstić information content (AvgIpc) is 2.43. The molecule has 104 valence electrons. The molecule has 0 unspecified atom stereocenters. The molecule has 0 aromatic heterocycles. The van der Waals surface area contributed by atoms with Gasteiger partial charge in [0.1, 0.15) is 6.29 Å². The Morgan fingerprint density at radius 2 is 1.72 bits per heavy atom. The minimum Gasteiger partial charge on any atom is -0.303 e. The van der Waals surface area contributed by atoms with E-state index in [2.05, 4.69) is 18.9 Å². The number of aldehydes is 1. The maximum atomic E-state index is 11.6. The Morgan fingerprint density at radius 1 is 1.11 bits per heavy atom. The Hall–Kier alpha value is -0.370. The van der Waals surface area contributed by atoms with Gasteiger partial charge in [-0.25, -0.2) is 0 Å². The number of hydrogen-bond donors (Lipinski definition) is 0. The maximum absolute atomic E-state index is 11.6. The zero-order valence-electron chi connectivity index (χ0n) is 12.2. The van der Waals surface area contributed by atoms with Crippen molar-refractivity contribution >= 4 is 6.29 Å². The normalized spacial score (nSPS) is 34.7. The maximum Gasteiger partial charge on any atom is 0.127 e. The van der Waals surface area contributed by atoms with Gasteiger partial charge in [0.2, 0.25) is 0 Å². The Kier molecular flexibility index (Phi) is 4.83. The van der Waals surface area contributed by atoms with Crippen LogP contribution in [0.5, 0.6) is 0 Å². The number of carbonyl (C=O) groups is 1. The fraction of sp³-hybridized carbons (Fsp3) is 0.938. The van der Waals surface area contributed by atoms with E-state index < -0.39 is 0 Å². The van der Waals surface area contributed by atoms with E-state index in [-0.39, 0.29) is 5.41 Å². The van der Waals surface area contributed by atoms with Crippen molar-refractivity contribution in [2.24, 2.45) is 11.3 Å². The molecular formula is C16H29NO. The third kappa shape index (κ3) is 3.34. The molecule has 0 atom stereocenters. The standard InChI is InChI=1S/C16H29NO/c1-14-8-10-16(13-18,11-9-14)12-17(2)15-6-4-3-5-7-15/h13-15H,3-12H2,1-2H3. The third-order valence-electron chi connectivity index (χ3n) is 5.28. The molecule has 2 heteroatoms. The van der Waals surface area contributed by atoms with Gasteiger partial charge in [0, 0.05) is 18.0 Å². The van der Waals surface area contributed by atoms with Crippen molar-refractivity contribution in [1.82, 2.24) is 4.90 Å². The highest BCUT2D eigenvalue weighted by Crippen LogP contribution is 2.38. The van der Waals surface area contributed by atoms with Crippen molar-refractivity contribution in [3.63, 3.8) is 0 Å². The lowest BCUT2D eigenvalue weighted by atomic mass is 9.71. The number of nitrogens with zero attached hydrogens (tertiary/aromatic N) is 1. The summed E-state index contributed by atoms with van der Waals surface area (Å²) in [5, 5.41) is 0. The molecule has 0 aliphatic heterocycles. The van der Waals surface area contributed by atoms with Gasteiger partial charge in [-0.1, -0.05) is 26.2 Å². The van der Waals surface area contributed by atoms with Crippen LogP contribution in [0.1, 0.15) is 64.7 Å². The molecule has 0 heterocycles. The summed E-state index contributed by atoms with van der Waals surface area (Å²) in [5.41, 5.74) is -0.0291. The second-order valence-corrected chi connectivity index (χ2v) is 6.87. The van der Waals surface area contributed by atoms with Gasteiger partial charge in [-0.05, 0) is 51.5 Å². The molecule has 0 radical (unpaired) electrons. The molecule has 18 heavy (non-hydrogen) atoms. The topological polar surface area (TPSA) is 20.3 Å². The Morgan fingerprint density at radius 3 is 2.28 bits per heavy atom. The van der Waals surface area contributed by atoms with Crippen LogP contribution in [-0.2, 0) is 4.79 Å². The highest BCUT2D eigenvalue weighted by Gasteiger charge is 2.36. The monoisotopic (exact) mass is 251 g/mol. The summed E-state index contributed by atoms with van der Waals surface area (Å²) in [6, 6.07) is 0.731. The van der Waals surface area contributed by atoms with Gasteiger partial charge in [-0.2, -0.15) is 0 Å². The van der Waals surface area contributed by atoms with E-state index >= 15 is 0 Å². The second-order valence-electron chi connectivity index (χ2n) is 6.87. The van der Waals surface area contributed by atoms with Gasteiger partial charge in [0.25, 0.3) is 0 Å². The van der Waals surface area contributed by atoms with Crippen LogP contribution >= 0.6 is 0 Å². The van der Waals surface area contributed by atoms with Crippen LogP contribution in [-0.4, -0.2) is 30.8 Å². The highest BCUT2D eigenvalue weighted by molar-refractivity contribution is 5.60. The van der Waals surface area contributed by atoms with E-state index in [1.54, 1.807) is 0 Å². The lowest BCUT2D eigenvalue weighted by Crippen LogP contribution is -2.44. The van der Waals surface area contributed by atoms with Crippen molar-refractivity contribution in [1.29, 1.82) is 0 Å². The first kappa shape index (κ1) is 14.0. The van der Waals surface area contributed by atoms with Crippen molar-refractivity contribution in [2.45, 2.75) is 70.8 Å². The predicted octanol–water partition coefficient (Wildman–Crippen LogP) is 3.65. The van der Waals surface area contributed by atoms with Crippen molar-refractivity contribution in [3.05, 3.63) is 0 Å². The molecule has 0 aromatic rings. The highest BCUT2D eigenvalue weighted by atomic mass is 16.1. The fourth-order valence-electron chi connectivity index (χ4n) is 3.80. The third-order valence-corrected chi connectivity index (χ3v) is 5.28. The number of hydrogen-bond acceptors (Lipinski definition) is 2. The molecule has 2 saturated carbocycles. The van der Waals surface area contributed by atoms with Crippen LogP contribution in [0.25, 0.3) is 0 Å². The van der Waals surface area contributed by atoms with Gasteiger partial charge in [0.15, 0.2) is 0 Å². The summed E-state index contributed by atoms with van der Waals surface area (Å²) in [7, 11) is 2.24. The Balaban J connectivity index is 1.90. The molecule has 0 N–H and O–H groups in total. The number of carbonyl (C=O) groups excluding carboxylic acids is 1. The smallest absolute Gasteiger partial charge is 0.127 e. The van der Waals surface area contributed by atoms with Crippen LogP contribution in [0.3, 0.4) is 0 Å². The van der Waals surface area contributed by atoms with Crippen LogP contribution in [0.4, 0.5) is 0 Å². The van der Waals surface area contributed by atoms with Gasteiger partial charge in [-0.15, -0.1) is 0 Å². The van der Waals surface area contributed by atoms with Crippen LogP contribution in [0.15, 0.2) is 0 Å². The van der Waals surface area contributed by atoms with E-state index in [9.17, 15) is 4.79 Å². The summed E-state index contributed by atoms with van der Waals surface area (Å²) in [6.45, 7) is 3.31. The van der Waals surface area contributed by atoms with Gasteiger partial charge in [-0.3, -0.25) is 0 Å². The molecule has 2 fully saturated rings. The summed E-state index contributed by atoms with van der Waals surface area (Å²) in [6.07, 6.45) is 12.8. The second kappa shape index (κ2) is 6.18. The summed E-state index contributed by atoms with van der Waals surface area (Å²) < 4.78 is 0. The fourth-order valence-corrected chi connectivity index (χ4v) is 3.80. The first-order valence-electron chi connectivity index (χ1n) is 7.82. The minimum atomic E-state index is -0.0291. The lowest BCUT2D eigenvalue weighted by molar-refractivity contribution is -0.119. The molecule has 2 aliphatic rings. The predicted molar refractivity (Wildman–Crippen MR) is 75.6 cm³/mol. The molecule has 0 aromatic carbocycles. The molecule has 0 spiro atoms. The van der Waals surface area contributed by atoms with E-state index in [4.69, 9.17) is 0 Å². The summed E-state index contributed by atoms with van der Waals surface area (Å²) in [4.78, 5) is 14.1. The molecule has 0 bridgehead atoms. The molecule has 0 saturated heterocycles. The van der Waals surface area contributed by atoms with E-state index in [0.717, 1.165) is 31.3 Å². The van der Waals surface area contributed by atoms with E-state index in [0.29, 0.717) is 0 Å². The Bertz CT molecular complexity index is 262. The average molecular weight is 251 g/mol. The molecule has 2 rings (SSSR count). The summed E-state index contributed by atoms with van der Waals surface area (Å²) in [5.74, 6) is 0.818. The lowest BCUT2D eigenvalue weighted by Gasteiger charge is -2.41. The molecule has 0 amide bonds. The SMILES string of the molecule is CC1CCC(C=O)(CN(C)C2CCCCC2)CC1. The zero-order chi connectivity index (χ0) is 13.0. The van der Waals surface area contributed by atoms with E-state index in [1.165, 1.54) is 51.2 Å². The first-order chi connectivity index (χ1) is 8.65. The van der Waals surface area contributed by atoms with Crippen molar-refractivity contribution < 1.29 is 4.79 Å². The van der Waals surface area contributed by atoms with Crippen molar-refractivity contribution in [3.8, 4) is 0 Å². The minimum absolute atomic E-state index is 0.0291. The molecule has 2 nitrogen and oxygen atoms in total. The summed E-state index contributed by atoms with van der Waals surface area (Å²) >= 11 is 0. The first-order valence-corrected chi connectivity index (χ1v) is 7.82. The van der Waals surface area contributed by atoms with Crippen LogP contribution < -0.4 is 0 Å². The zero-order valence-corrected chi connectivity index (χ0v) is 12.2. The van der Waals surface area contributed by atoms with Crippen LogP contribution in [0.2, 0.25) is 0 Å². The number of rotatable bonds is 4. The van der Waals surface area contributed by atoms with Crippen molar-refractivity contribution in [2.75, 3.05) is 13.6 Å². The quantitative estimate of drug-likeness (QED) is 0.711. The van der Waals surface area contributed by atoms with Crippen LogP contribution in [0, 0.1) is 11.3 Å². The molecular weight excluding hydrogens is 222 g/mol. The van der Waals surface area contributed by atoms with Gasteiger partial charge >= 0.3 is 0 Å². The Labute approximate surface area is 112 Å². The van der Waals surface area contributed by atoms with E-state index in [1.807, 2.05) is 0 Å². The van der Waals surface area contributed by atoms with Gasteiger partial charge < -0.3 is 9.69 Å². The largest absolute Gasteiger partial charge is 0.303 e.